The number of nitrogens with two attached hydrogens (primary N) is 2. The molecule has 0 saturated heterocycles. The van der Waals surface area contributed by atoms with E-state index in [1.54, 1.807) is 24.3 Å². The molecule has 3 rings (SSSR count). The van der Waals surface area contributed by atoms with Gasteiger partial charge in [-0.15, -0.1) is 0 Å². The Labute approximate surface area is 211 Å². The number of ether oxygens (including phenoxy) is 1. The number of nitrogens with one attached hydrogen (secondary N) is 2. The number of carbonyl (C=O) groups excluding carboxylic acids is 2. The van der Waals surface area contributed by atoms with Crippen molar-refractivity contribution < 1.29 is 19.4 Å². The Balaban J connectivity index is 1.68. The predicted octanol–water partition coefficient (Wildman–Crippen LogP) is 1.95. The Morgan fingerprint density at radius 1 is 0.889 bits per heavy atom. The second kappa shape index (κ2) is 13.4. The van der Waals surface area contributed by atoms with E-state index in [4.69, 9.17) is 16.2 Å². The monoisotopic (exact) mass is 490 g/mol. The maximum absolute atomic E-state index is 13.1. The third kappa shape index (κ3) is 7.64. The summed E-state index contributed by atoms with van der Waals surface area (Å²) in [5.74, 6) is -0.318. The normalized spacial score (nSPS) is 13.3. The SMILES string of the molecule is CCOc1ccc(C[C@@H](N)C(=O)N[C@H](C(=O)NCc2ccc(CN)cc2)[C@H](O)c2ccccc2)cc1. The third-order valence-electron chi connectivity index (χ3n) is 5.79. The van der Waals surface area contributed by atoms with Crippen LogP contribution in [0.1, 0.15) is 35.3 Å². The highest BCUT2D eigenvalue weighted by atomic mass is 16.5. The number of hydrogen-bond donors (Lipinski definition) is 5. The van der Waals surface area contributed by atoms with Gasteiger partial charge in [-0.05, 0) is 47.7 Å². The standard InChI is InChI=1S/C28H34N4O4/c1-2-36-23-14-12-19(13-15-23)16-24(30)27(34)32-25(26(33)22-6-4-3-5-7-22)28(35)31-18-21-10-8-20(17-29)9-11-21/h3-15,24-26,33H,2,16-18,29-30H2,1H3,(H,31,35)(H,32,34)/t24-,25+,26-/m1/s1. The zero-order chi connectivity index (χ0) is 25.9. The van der Waals surface area contributed by atoms with Crippen molar-refractivity contribution in [2.24, 2.45) is 11.5 Å². The van der Waals surface area contributed by atoms with E-state index in [1.807, 2.05) is 61.5 Å². The van der Waals surface area contributed by atoms with E-state index < -0.39 is 30.0 Å². The second-order valence-electron chi connectivity index (χ2n) is 8.47. The molecule has 0 spiro atoms. The number of aliphatic hydroxyl groups is 1. The molecule has 0 aromatic heterocycles. The van der Waals surface area contributed by atoms with Crippen LogP contribution in [0, 0.1) is 0 Å². The van der Waals surface area contributed by atoms with Crippen molar-refractivity contribution in [2.75, 3.05) is 6.61 Å². The molecule has 36 heavy (non-hydrogen) atoms. The number of aliphatic hydroxyl groups excluding tert-OH is 1. The minimum atomic E-state index is -1.26. The lowest BCUT2D eigenvalue weighted by atomic mass is 10.00. The van der Waals surface area contributed by atoms with Crippen LogP contribution in [0.15, 0.2) is 78.9 Å². The summed E-state index contributed by atoms with van der Waals surface area (Å²) < 4.78 is 5.44. The lowest BCUT2D eigenvalue weighted by molar-refractivity contribution is -0.132. The Morgan fingerprint density at radius 3 is 2.11 bits per heavy atom. The summed E-state index contributed by atoms with van der Waals surface area (Å²) in [6.07, 6.45) is -0.992. The Bertz CT molecular complexity index is 1100. The van der Waals surface area contributed by atoms with Gasteiger partial charge in [0.2, 0.25) is 11.8 Å². The molecule has 0 radical (unpaired) electrons. The summed E-state index contributed by atoms with van der Waals surface area (Å²) in [7, 11) is 0. The van der Waals surface area contributed by atoms with E-state index in [0.29, 0.717) is 18.7 Å². The maximum Gasteiger partial charge on any atom is 0.245 e. The summed E-state index contributed by atoms with van der Waals surface area (Å²) in [6.45, 7) is 3.13. The maximum atomic E-state index is 13.1. The van der Waals surface area contributed by atoms with Crippen LogP contribution in [-0.4, -0.2) is 35.6 Å². The molecule has 0 aliphatic rings. The number of amides is 2. The lowest BCUT2D eigenvalue weighted by Gasteiger charge is -2.25. The molecule has 0 aliphatic carbocycles. The summed E-state index contributed by atoms with van der Waals surface area (Å²) in [4.78, 5) is 26.1. The van der Waals surface area contributed by atoms with Crippen LogP contribution in [0.25, 0.3) is 0 Å². The molecule has 8 heteroatoms. The average molecular weight is 491 g/mol. The van der Waals surface area contributed by atoms with E-state index in [0.717, 1.165) is 22.4 Å². The number of benzene rings is 3. The lowest BCUT2D eigenvalue weighted by Crippen LogP contribution is -2.54. The quantitative estimate of drug-likeness (QED) is 0.263. The molecule has 0 saturated carbocycles. The van der Waals surface area contributed by atoms with Crippen LogP contribution in [0.3, 0.4) is 0 Å². The van der Waals surface area contributed by atoms with Crippen LogP contribution < -0.4 is 26.8 Å². The molecule has 2 amide bonds. The predicted molar refractivity (Wildman–Crippen MR) is 139 cm³/mol. The fourth-order valence-corrected chi connectivity index (χ4v) is 3.72. The first-order chi connectivity index (χ1) is 17.4. The van der Waals surface area contributed by atoms with Gasteiger partial charge in [-0.1, -0.05) is 66.7 Å². The molecule has 0 bridgehead atoms. The first-order valence-electron chi connectivity index (χ1n) is 12.0. The van der Waals surface area contributed by atoms with Crippen molar-refractivity contribution in [3.63, 3.8) is 0 Å². The summed E-state index contributed by atoms with van der Waals surface area (Å²) in [6, 6.07) is 21.4. The largest absolute Gasteiger partial charge is 0.494 e. The van der Waals surface area contributed by atoms with Gasteiger partial charge in [0.1, 0.15) is 17.9 Å². The van der Waals surface area contributed by atoms with E-state index in [9.17, 15) is 14.7 Å². The van der Waals surface area contributed by atoms with Gasteiger partial charge in [0.15, 0.2) is 0 Å². The van der Waals surface area contributed by atoms with Crippen molar-refractivity contribution in [1.82, 2.24) is 10.6 Å². The molecule has 0 fully saturated rings. The van der Waals surface area contributed by atoms with Crippen LogP contribution in [0.5, 0.6) is 5.75 Å². The topological polar surface area (TPSA) is 140 Å². The van der Waals surface area contributed by atoms with Gasteiger partial charge >= 0.3 is 0 Å². The second-order valence-corrected chi connectivity index (χ2v) is 8.47. The number of carbonyl (C=O) groups is 2. The smallest absolute Gasteiger partial charge is 0.245 e. The van der Waals surface area contributed by atoms with Gasteiger partial charge in [0.05, 0.1) is 12.6 Å². The zero-order valence-corrected chi connectivity index (χ0v) is 20.4. The molecule has 0 aliphatic heterocycles. The molecule has 0 heterocycles. The molecule has 0 unspecified atom stereocenters. The van der Waals surface area contributed by atoms with Gasteiger partial charge < -0.3 is 31.9 Å². The Kier molecular flexibility index (Phi) is 10.00. The van der Waals surface area contributed by atoms with Gasteiger partial charge in [-0.2, -0.15) is 0 Å². The van der Waals surface area contributed by atoms with Gasteiger partial charge in [-0.25, -0.2) is 0 Å². The van der Waals surface area contributed by atoms with Gasteiger partial charge in [0.25, 0.3) is 0 Å². The molecule has 8 nitrogen and oxygen atoms in total. The fraction of sp³-hybridized carbons (Fsp3) is 0.286. The van der Waals surface area contributed by atoms with Crippen LogP contribution >= 0.6 is 0 Å². The van der Waals surface area contributed by atoms with Crippen molar-refractivity contribution in [2.45, 2.75) is 44.6 Å². The van der Waals surface area contributed by atoms with Gasteiger partial charge in [-0.3, -0.25) is 9.59 Å². The minimum absolute atomic E-state index is 0.232. The molecule has 3 aromatic carbocycles. The highest BCUT2D eigenvalue weighted by molar-refractivity contribution is 5.90. The first-order valence-corrected chi connectivity index (χ1v) is 12.0. The van der Waals surface area contributed by atoms with Gasteiger partial charge in [0, 0.05) is 13.1 Å². The van der Waals surface area contributed by atoms with Crippen LogP contribution in [0.4, 0.5) is 0 Å². The van der Waals surface area contributed by atoms with E-state index in [1.165, 1.54) is 0 Å². The Morgan fingerprint density at radius 2 is 1.50 bits per heavy atom. The molecular formula is C28H34N4O4. The summed E-state index contributed by atoms with van der Waals surface area (Å²) >= 11 is 0. The zero-order valence-electron chi connectivity index (χ0n) is 20.4. The molecule has 190 valence electrons. The Hall–Kier alpha value is -3.72. The minimum Gasteiger partial charge on any atom is -0.494 e. The van der Waals surface area contributed by atoms with Crippen molar-refractivity contribution in [3.8, 4) is 5.75 Å². The van der Waals surface area contributed by atoms with E-state index in [2.05, 4.69) is 10.6 Å². The summed E-state index contributed by atoms with van der Waals surface area (Å²) in [5.41, 5.74) is 15.0. The van der Waals surface area contributed by atoms with Crippen molar-refractivity contribution in [1.29, 1.82) is 0 Å². The third-order valence-corrected chi connectivity index (χ3v) is 5.79. The highest BCUT2D eigenvalue weighted by Gasteiger charge is 2.31. The van der Waals surface area contributed by atoms with E-state index >= 15 is 0 Å². The van der Waals surface area contributed by atoms with Crippen LogP contribution in [0.2, 0.25) is 0 Å². The fourth-order valence-electron chi connectivity index (χ4n) is 3.72. The van der Waals surface area contributed by atoms with Crippen molar-refractivity contribution in [3.05, 3.63) is 101 Å². The van der Waals surface area contributed by atoms with Crippen molar-refractivity contribution >= 4 is 11.8 Å². The molecule has 3 atom stereocenters. The van der Waals surface area contributed by atoms with E-state index in [-0.39, 0.29) is 13.0 Å². The molecule has 3 aromatic rings. The average Bonchev–Trinajstić information content (AvgIpc) is 2.91. The number of hydrogen-bond acceptors (Lipinski definition) is 6. The first kappa shape index (κ1) is 26.9. The molecular weight excluding hydrogens is 456 g/mol. The summed E-state index contributed by atoms with van der Waals surface area (Å²) in [5, 5.41) is 16.4. The van der Waals surface area contributed by atoms with Crippen LogP contribution in [-0.2, 0) is 29.1 Å². The number of rotatable bonds is 12. The highest BCUT2D eigenvalue weighted by Crippen LogP contribution is 2.18. The molecule has 7 N–H and O–H groups in total.